The maximum atomic E-state index is 12.3. The van der Waals surface area contributed by atoms with Gasteiger partial charge in [0.2, 0.25) is 0 Å². The van der Waals surface area contributed by atoms with Crippen LogP contribution in [0.3, 0.4) is 0 Å². The van der Waals surface area contributed by atoms with Crippen molar-refractivity contribution in [3.05, 3.63) is 119 Å². The second-order valence-electron chi connectivity index (χ2n) is 13.1. The van der Waals surface area contributed by atoms with Gasteiger partial charge in [-0.15, -0.1) is 0 Å². The van der Waals surface area contributed by atoms with Gasteiger partial charge in [0.05, 0.1) is 0 Å². The normalized spacial score (nSPS) is 11.9. The highest BCUT2D eigenvalue weighted by atomic mass is 16.7. The van der Waals surface area contributed by atoms with Crippen LogP contribution in [0.4, 0.5) is 9.59 Å². The fraction of sp³-hybridized carbons (Fsp3) is 0.297. The number of ether oxygens (including phenoxy) is 4. The van der Waals surface area contributed by atoms with Crippen LogP contribution in [0.1, 0.15) is 77.6 Å². The first-order chi connectivity index (χ1) is 20.1. The van der Waals surface area contributed by atoms with Crippen molar-refractivity contribution in [2.45, 2.75) is 71.6 Å². The van der Waals surface area contributed by atoms with E-state index in [1.54, 1.807) is 48.5 Å². The van der Waals surface area contributed by atoms with Crippen LogP contribution in [-0.4, -0.2) is 12.3 Å². The molecule has 0 amide bonds. The number of benzene rings is 4. The minimum atomic E-state index is -0.799. The number of rotatable bonds is 6. The molecule has 0 atom stereocenters. The lowest BCUT2D eigenvalue weighted by Crippen LogP contribution is -2.19. The van der Waals surface area contributed by atoms with E-state index in [0.717, 1.165) is 22.3 Å². The molecule has 0 aliphatic heterocycles. The average Bonchev–Trinajstić information content (AvgIpc) is 2.93. The van der Waals surface area contributed by atoms with E-state index in [0.29, 0.717) is 23.0 Å². The molecule has 0 aliphatic rings. The van der Waals surface area contributed by atoms with Gasteiger partial charge < -0.3 is 18.9 Å². The lowest BCUT2D eigenvalue weighted by molar-refractivity contribution is 0.150. The Hall–Kier alpha value is -4.58. The van der Waals surface area contributed by atoms with Crippen molar-refractivity contribution in [1.82, 2.24) is 0 Å². The van der Waals surface area contributed by atoms with Crippen LogP contribution in [0.25, 0.3) is 0 Å². The molecule has 0 heterocycles. The summed E-state index contributed by atoms with van der Waals surface area (Å²) in [6.45, 7) is 16.9. The maximum Gasteiger partial charge on any atom is 0.519 e. The van der Waals surface area contributed by atoms with Crippen molar-refractivity contribution in [2.24, 2.45) is 0 Å². The molecule has 4 aromatic carbocycles. The van der Waals surface area contributed by atoms with Crippen LogP contribution in [0.5, 0.6) is 23.0 Å². The van der Waals surface area contributed by atoms with Crippen molar-refractivity contribution in [1.29, 1.82) is 0 Å². The lowest BCUT2D eigenvalue weighted by atomic mass is 9.78. The van der Waals surface area contributed by atoms with E-state index in [-0.39, 0.29) is 16.2 Å². The topological polar surface area (TPSA) is 71.1 Å². The Kier molecular flexibility index (Phi) is 9.00. The van der Waals surface area contributed by atoms with Gasteiger partial charge in [-0.25, -0.2) is 9.59 Å². The first-order valence-electron chi connectivity index (χ1n) is 14.3. The molecule has 0 aliphatic carbocycles. The standard InChI is InChI=1S/C37H40O6/c1-35(2,3)25-9-17-29(18-10-25)40-33(38)42-31-21-13-27(14-22-31)37(7,8)28-15-23-32(24-16-28)43-34(39)41-30-19-11-26(12-20-30)36(4,5)6/h9-24H,1-8H3. The molecule has 0 unspecified atom stereocenters. The second-order valence-corrected chi connectivity index (χ2v) is 13.1. The van der Waals surface area contributed by atoms with E-state index in [2.05, 4.69) is 55.4 Å². The Morgan fingerprint density at radius 2 is 0.581 bits per heavy atom. The van der Waals surface area contributed by atoms with E-state index in [9.17, 15) is 9.59 Å². The first-order valence-corrected chi connectivity index (χ1v) is 14.3. The number of carbonyl (C=O) groups excluding carboxylic acids is 2. The van der Waals surface area contributed by atoms with Crippen molar-refractivity contribution < 1.29 is 28.5 Å². The predicted octanol–water partition coefficient (Wildman–Crippen LogP) is 9.76. The summed E-state index contributed by atoms with van der Waals surface area (Å²) in [7, 11) is 0. The highest BCUT2D eigenvalue weighted by Gasteiger charge is 2.24. The van der Waals surface area contributed by atoms with Gasteiger partial charge in [0.15, 0.2) is 0 Å². The van der Waals surface area contributed by atoms with Crippen LogP contribution in [0.15, 0.2) is 97.1 Å². The Labute approximate surface area is 254 Å². The zero-order valence-electron chi connectivity index (χ0n) is 26.2. The summed E-state index contributed by atoms with van der Waals surface area (Å²) in [5.74, 6) is 1.61. The fourth-order valence-corrected chi connectivity index (χ4v) is 4.52. The molecule has 43 heavy (non-hydrogen) atoms. The van der Waals surface area contributed by atoms with Gasteiger partial charge in [0, 0.05) is 5.41 Å². The minimum Gasteiger partial charge on any atom is -0.395 e. The zero-order valence-corrected chi connectivity index (χ0v) is 26.2. The molecule has 0 radical (unpaired) electrons. The molecule has 0 saturated carbocycles. The summed E-state index contributed by atoms with van der Waals surface area (Å²) in [5.41, 5.74) is 3.97. The summed E-state index contributed by atoms with van der Waals surface area (Å²) >= 11 is 0. The third-order valence-corrected chi connectivity index (χ3v) is 7.40. The van der Waals surface area contributed by atoms with Crippen molar-refractivity contribution in [3.63, 3.8) is 0 Å². The second kappa shape index (κ2) is 12.3. The SMILES string of the molecule is CC(C)(C)c1ccc(OC(=O)Oc2ccc(C(C)(C)c3ccc(OC(=O)Oc4ccc(C(C)(C)C)cc4)cc3)cc2)cc1. The Bertz CT molecular complexity index is 1420. The molecule has 224 valence electrons. The molecular formula is C37H40O6. The molecule has 0 saturated heterocycles. The smallest absolute Gasteiger partial charge is 0.395 e. The highest BCUT2D eigenvalue weighted by molar-refractivity contribution is 5.68. The van der Waals surface area contributed by atoms with Crippen molar-refractivity contribution in [2.75, 3.05) is 0 Å². The van der Waals surface area contributed by atoms with Gasteiger partial charge in [-0.05, 0) is 81.6 Å². The molecule has 0 fully saturated rings. The van der Waals surface area contributed by atoms with E-state index in [4.69, 9.17) is 18.9 Å². The number of hydrogen-bond donors (Lipinski definition) is 0. The lowest BCUT2D eigenvalue weighted by Gasteiger charge is -2.26. The van der Waals surface area contributed by atoms with Gasteiger partial charge in [0.25, 0.3) is 0 Å². The van der Waals surface area contributed by atoms with Crippen LogP contribution in [0.2, 0.25) is 0 Å². The van der Waals surface area contributed by atoms with E-state index in [1.165, 1.54) is 0 Å². The molecular weight excluding hydrogens is 540 g/mol. The van der Waals surface area contributed by atoms with Crippen LogP contribution in [-0.2, 0) is 16.2 Å². The maximum absolute atomic E-state index is 12.3. The highest BCUT2D eigenvalue weighted by Crippen LogP contribution is 2.34. The summed E-state index contributed by atoms with van der Waals surface area (Å²) < 4.78 is 21.4. The van der Waals surface area contributed by atoms with E-state index >= 15 is 0 Å². The summed E-state index contributed by atoms with van der Waals surface area (Å²) in [6, 6.07) is 29.4. The largest absolute Gasteiger partial charge is 0.519 e. The minimum absolute atomic E-state index is 0.0120. The molecule has 0 N–H and O–H groups in total. The van der Waals surface area contributed by atoms with Crippen LogP contribution >= 0.6 is 0 Å². The molecule has 6 nitrogen and oxygen atoms in total. The average molecular weight is 581 g/mol. The van der Waals surface area contributed by atoms with Gasteiger partial charge in [-0.1, -0.05) is 104 Å². The van der Waals surface area contributed by atoms with Crippen molar-refractivity contribution >= 4 is 12.3 Å². The van der Waals surface area contributed by atoms with Gasteiger partial charge in [0.1, 0.15) is 23.0 Å². The fourth-order valence-electron chi connectivity index (χ4n) is 4.52. The first kappa shape index (κ1) is 31.4. The van der Waals surface area contributed by atoms with Crippen molar-refractivity contribution in [3.8, 4) is 23.0 Å². The molecule has 4 aromatic rings. The molecule has 4 rings (SSSR count). The predicted molar refractivity (Wildman–Crippen MR) is 169 cm³/mol. The van der Waals surface area contributed by atoms with E-state index < -0.39 is 12.3 Å². The summed E-state index contributed by atoms with van der Waals surface area (Å²) in [5, 5.41) is 0. The van der Waals surface area contributed by atoms with Crippen LogP contribution in [0, 0.1) is 0 Å². The molecule has 0 spiro atoms. The third kappa shape index (κ3) is 8.25. The summed E-state index contributed by atoms with van der Waals surface area (Å²) in [4.78, 5) is 24.7. The Morgan fingerprint density at radius 3 is 0.791 bits per heavy atom. The Morgan fingerprint density at radius 1 is 0.372 bits per heavy atom. The molecule has 0 bridgehead atoms. The van der Waals surface area contributed by atoms with Gasteiger partial charge in [-0.3, -0.25) is 0 Å². The monoisotopic (exact) mass is 580 g/mol. The van der Waals surface area contributed by atoms with E-state index in [1.807, 2.05) is 48.5 Å². The third-order valence-electron chi connectivity index (χ3n) is 7.40. The van der Waals surface area contributed by atoms with Gasteiger partial charge in [-0.2, -0.15) is 0 Å². The van der Waals surface area contributed by atoms with Crippen LogP contribution < -0.4 is 18.9 Å². The quantitative estimate of drug-likeness (QED) is 0.167. The number of carbonyl (C=O) groups is 2. The zero-order chi connectivity index (χ0) is 31.4. The molecule has 0 aromatic heterocycles. The molecule has 6 heteroatoms. The Balaban J connectivity index is 1.33. The van der Waals surface area contributed by atoms with Gasteiger partial charge >= 0.3 is 12.3 Å². The number of hydrogen-bond acceptors (Lipinski definition) is 6. The summed E-state index contributed by atoms with van der Waals surface area (Å²) in [6.07, 6.45) is -1.60.